The summed E-state index contributed by atoms with van der Waals surface area (Å²) in [6.07, 6.45) is -0.779. The van der Waals surface area contributed by atoms with Crippen molar-refractivity contribution >= 4 is 14.4 Å². The molecule has 0 aliphatic carbocycles. The Balaban J connectivity index is 2.95. The zero-order valence-electron chi connectivity index (χ0n) is 16.1. The Morgan fingerprint density at radius 2 is 1.75 bits per heavy atom. The van der Waals surface area contributed by atoms with E-state index in [1.54, 1.807) is 20.8 Å². The number of carbonyl (C=O) groups excluding carboxylic acids is 1. The summed E-state index contributed by atoms with van der Waals surface area (Å²) in [7, 11) is -2.22. The van der Waals surface area contributed by atoms with Gasteiger partial charge in [0.2, 0.25) is 0 Å². The van der Waals surface area contributed by atoms with Gasteiger partial charge in [-0.25, -0.2) is 13.6 Å². The smallest absolute Gasteiger partial charge is 0.410 e. The molecule has 0 aromatic carbocycles. The summed E-state index contributed by atoms with van der Waals surface area (Å²) in [6, 6.07) is -2.82. The van der Waals surface area contributed by atoms with Gasteiger partial charge in [-0.15, -0.1) is 0 Å². The van der Waals surface area contributed by atoms with Crippen molar-refractivity contribution in [2.24, 2.45) is 5.73 Å². The SMILES string of the molecule is CC(C)(C)OC(=O)N1C[C@@H](N)C(F)(F)[C@H]1CO[Si](C)(C)C(C)(C)C. The van der Waals surface area contributed by atoms with Crippen LogP contribution in [0.25, 0.3) is 0 Å². The van der Waals surface area contributed by atoms with Gasteiger partial charge in [-0.05, 0) is 38.9 Å². The van der Waals surface area contributed by atoms with Crippen LogP contribution in [0.4, 0.5) is 13.6 Å². The molecular formula is C16H32F2N2O3Si. The van der Waals surface area contributed by atoms with E-state index in [1.165, 1.54) is 0 Å². The molecule has 142 valence electrons. The van der Waals surface area contributed by atoms with Crippen LogP contribution in [-0.2, 0) is 9.16 Å². The summed E-state index contributed by atoms with van der Waals surface area (Å²) < 4.78 is 40.1. The van der Waals surface area contributed by atoms with E-state index in [9.17, 15) is 13.6 Å². The van der Waals surface area contributed by atoms with Crippen LogP contribution in [0.2, 0.25) is 18.1 Å². The van der Waals surface area contributed by atoms with Crippen molar-refractivity contribution in [3.63, 3.8) is 0 Å². The predicted molar refractivity (Wildman–Crippen MR) is 92.8 cm³/mol. The monoisotopic (exact) mass is 366 g/mol. The highest BCUT2D eigenvalue weighted by Gasteiger charge is 2.58. The van der Waals surface area contributed by atoms with Crippen LogP contribution in [-0.4, -0.2) is 56.1 Å². The number of amides is 1. The van der Waals surface area contributed by atoms with Crippen molar-refractivity contribution in [1.29, 1.82) is 0 Å². The predicted octanol–water partition coefficient (Wildman–Crippen LogP) is 3.59. The third kappa shape index (κ3) is 4.67. The number of nitrogens with zero attached hydrogens (tertiary/aromatic N) is 1. The number of rotatable bonds is 3. The normalized spacial score (nSPS) is 25.0. The fourth-order valence-corrected chi connectivity index (χ4v) is 3.15. The van der Waals surface area contributed by atoms with Gasteiger partial charge < -0.3 is 14.9 Å². The highest BCUT2D eigenvalue weighted by Crippen LogP contribution is 2.39. The fourth-order valence-electron chi connectivity index (χ4n) is 2.14. The van der Waals surface area contributed by atoms with E-state index >= 15 is 0 Å². The summed E-state index contributed by atoms with van der Waals surface area (Å²) >= 11 is 0. The minimum atomic E-state index is -3.21. The van der Waals surface area contributed by atoms with E-state index in [0.29, 0.717) is 0 Å². The van der Waals surface area contributed by atoms with E-state index in [2.05, 4.69) is 0 Å². The molecule has 0 aromatic heterocycles. The molecule has 1 aliphatic heterocycles. The Hall–Kier alpha value is -0.733. The maximum Gasteiger partial charge on any atom is 0.410 e. The van der Waals surface area contributed by atoms with Crippen LogP contribution < -0.4 is 5.73 Å². The third-order valence-corrected chi connectivity index (χ3v) is 9.25. The van der Waals surface area contributed by atoms with E-state index in [1.807, 2.05) is 33.9 Å². The zero-order valence-corrected chi connectivity index (χ0v) is 17.1. The molecule has 0 spiro atoms. The maximum atomic E-state index is 14.5. The van der Waals surface area contributed by atoms with Crippen molar-refractivity contribution in [2.75, 3.05) is 13.2 Å². The molecule has 5 nitrogen and oxygen atoms in total. The molecule has 2 N–H and O–H groups in total. The molecule has 0 bridgehead atoms. The maximum absolute atomic E-state index is 14.5. The minimum absolute atomic E-state index is 0.111. The van der Waals surface area contributed by atoms with Gasteiger partial charge in [0.1, 0.15) is 11.6 Å². The number of carbonyl (C=O) groups is 1. The number of hydrogen-bond donors (Lipinski definition) is 1. The van der Waals surface area contributed by atoms with Crippen LogP contribution >= 0.6 is 0 Å². The summed E-state index contributed by atoms with van der Waals surface area (Å²) in [6.45, 7) is 14.7. The van der Waals surface area contributed by atoms with Gasteiger partial charge in [-0.1, -0.05) is 20.8 Å². The number of likely N-dealkylation sites (tertiary alicyclic amines) is 1. The van der Waals surface area contributed by atoms with Crippen molar-refractivity contribution < 1.29 is 22.7 Å². The molecule has 1 saturated heterocycles. The fraction of sp³-hybridized carbons (Fsp3) is 0.938. The van der Waals surface area contributed by atoms with Gasteiger partial charge in [0, 0.05) is 6.54 Å². The van der Waals surface area contributed by atoms with Crippen LogP contribution in [0.5, 0.6) is 0 Å². The molecule has 0 aromatic rings. The van der Waals surface area contributed by atoms with Crippen LogP contribution in [0.15, 0.2) is 0 Å². The Morgan fingerprint density at radius 3 is 2.17 bits per heavy atom. The Bertz CT molecular complexity index is 473. The minimum Gasteiger partial charge on any atom is -0.444 e. The topological polar surface area (TPSA) is 64.8 Å². The van der Waals surface area contributed by atoms with Gasteiger partial charge in [0.25, 0.3) is 5.92 Å². The average molecular weight is 367 g/mol. The highest BCUT2D eigenvalue weighted by atomic mass is 28.4. The summed E-state index contributed by atoms with van der Waals surface area (Å²) in [5.41, 5.74) is 4.82. The van der Waals surface area contributed by atoms with Crippen molar-refractivity contribution in [1.82, 2.24) is 4.90 Å². The third-order valence-electron chi connectivity index (χ3n) is 4.74. The molecule has 0 unspecified atom stereocenters. The van der Waals surface area contributed by atoms with Crippen molar-refractivity contribution in [2.45, 2.75) is 83.3 Å². The second kappa shape index (κ2) is 6.53. The lowest BCUT2D eigenvalue weighted by Crippen LogP contribution is -2.52. The second-order valence-electron chi connectivity index (χ2n) is 9.00. The van der Waals surface area contributed by atoms with Gasteiger partial charge >= 0.3 is 6.09 Å². The lowest BCUT2D eigenvalue weighted by atomic mass is 10.1. The zero-order chi connectivity index (χ0) is 19.1. The van der Waals surface area contributed by atoms with Gasteiger partial charge in [-0.2, -0.15) is 0 Å². The summed E-state index contributed by atoms with van der Waals surface area (Å²) in [5.74, 6) is -3.21. The average Bonchev–Trinajstić information content (AvgIpc) is 2.55. The number of halogens is 2. The molecule has 1 fully saturated rings. The van der Waals surface area contributed by atoms with E-state index < -0.39 is 38.0 Å². The van der Waals surface area contributed by atoms with Crippen molar-refractivity contribution in [3.05, 3.63) is 0 Å². The molecule has 0 radical (unpaired) electrons. The summed E-state index contributed by atoms with van der Waals surface area (Å²) in [4.78, 5) is 13.3. The van der Waals surface area contributed by atoms with Crippen LogP contribution in [0, 0.1) is 0 Å². The molecule has 1 amide bonds. The first-order valence-corrected chi connectivity index (χ1v) is 11.2. The van der Waals surface area contributed by atoms with Crippen LogP contribution in [0.1, 0.15) is 41.5 Å². The molecule has 1 rings (SSSR count). The number of hydrogen-bond acceptors (Lipinski definition) is 4. The lowest BCUT2D eigenvalue weighted by Gasteiger charge is -2.38. The molecule has 1 aliphatic rings. The molecule has 1 heterocycles. The van der Waals surface area contributed by atoms with Crippen molar-refractivity contribution in [3.8, 4) is 0 Å². The molecule has 2 atom stereocenters. The number of ether oxygens (including phenoxy) is 1. The molecule has 24 heavy (non-hydrogen) atoms. The Kier molecular flexibility index (Phi) is 5.80. The van der Waals surface area contributed by atoms with Gasteiger partial charge in [0.15, 0.2) is 8.32 Å². The molecular weight excluding hydrogens is 334 g/mol. The van der Waals surface area contributed by atoms with E-state index in [4.69, 9.17) is 14.9 Å². The quantitative estimate of drug-likeness (QED) is 0.775. The van der Waals surface area contributed by atoms with E-state index in [0.717, 1.165) is 4.90 Å². The molecule has 0 saturated carbocycles. The van der Waals surface area contributed by atoms with Gasteiger partial charge in [-0.3, -0.25) is 4.90 Å². The molecule has 8 heteroatoms. The Morgan fingerprint density at radius 1 is 1.25 bits per heavy atom. The van der Waals surface area contributed by atoms with Crippen LogP contribution in [0.3, 0.4) is 0 Å². The van der Waals surface area contributed by atoms with Gasteiger partial charge in [0.05, 0.1) is 12.6 Å². The number of nitrogens with two attached hydrogens (primary N) is 1. The summed E-state index contributed by atoms with van der Waals surface area (Å²) in [5, 5.41) is -0.111. The first-order valence-electron chi connectivity index (χ1n) is 8.26. The largest absolute Gasteiger partial charge is 0.444 e. The standard InChI is InChI=1S/C16H32F2N2O3Si/c1-14(2,3)23-13(21)20-9-11(19)16(17,18)12(20)10-22-24(7,8)15(4,5)6/h11-12H,9-10,19H2,1-8H3/t11-,12-/m1/s1. The second-order valence-corrected chi connectivity index (χ2v) is 13.8. The first-order chi connectivity index (χ1) is 10.5. The number of alkyl halides is 2. The lowest BCUT2D eigenvalue weighted by molar-refractivity contribution is -0.0616. The Labute approximate surface area is 145 Å². The highest BCUT2D eigenvalue weighted by molar-refractivity contribution is 6.74. The van der Waals surface area contributed by atoms with E-state index in [-0.39, 0.29) is 18.2 Å². The first kappa shape index (κ1) is 21.3.